The van der Waals surface area contributed by atoms with Crippen molar-refractivity contribution in [1.82, 2.24) is 0 Å². The van der Waals surface area contributed by atoms with Crippen molar-refractivity contribution in [2.45, 2.75) is 44.9 Å². The van der Waals surface area contributed by atoms with Gasteiger partial charge in [-0.2, -0.15) is 15.8 Å². The first-order valence-corrected chi connectivity index (χ1v) is 10.3. The Labute approximate surface area is 177 Å². The molecular formula is C24H26N4O2. The predicted molar refractivity (Wildman–Crippen MR) is 112 cm³/mol. The number of benzene rings is 1. The SMILES string of the molecule is CCCCOc1ccc([C@H]2CCC=C3C(C#N)=C(N)C(C#N)(C#N)C[C@H]32)cc1OC. The highest BCUT2D eigenvalue weighted by atomic mass is 16.5. The molecule has 1 aromatic rings. The van der Waals surface area contributed by atoms with Crippen LogP contribution in [-0.2, 0) is 0 Å². The second kappa shape index (κ2) is 8.93. The molecule has 2 atom stereocenters. The van der Waals surface area contributed by atoms with Crippen LogP contribution in [0.4, 0.5) is 0 Å². The van der Waals surface area contributed by atoms with E-state index in [1.165, 1.54) is 0 Å². The fourth-order valence-corrected chi connectivity index (χ4v) is 4.46. The molecule has 0 radical (unpaired) electrons. The third kappa shape index (κ3) is 3.60. The van der Waals surface area contributed by atoms with Gasteiger partial charge in [0.05, 0.1) is 37.1 Å². The van der Waals surface area contributed by atoms with Gasteiger partial charge in [-0.25, -0.2) is 0 Å². The Balaban J connectivity index is 2.00. The van der Waals surface area contributed by atoms with Crippen LogP contribution in [0, 0.1) is 45.3 Å². The molecule has 2 aliphatic rings. The van der Waals surface area contributed by atoms with Crippen LogP contribution in [0.15, 0.2) is 41.1 Å². The average Bonchev–Trinajstić information content (AvgIpc) is 2.78. The highest BCUT2D eigenvalue weighted by Gasteiger charge is 2.47. The van der Waals surface area contributed by atoms with Crippen LogP contribution < -0.4 is 15.2 Å². The number of hydrogen-bond donors (Lipinski definition) is 1. The van der Waals surface area contributed by atoms with Gasteiger partial charge in [0, 0.05) is 0 Å². The molecule has 3 rings (SSSR count). The van der Waals surface area contributed by atoms with Crippen molar-refractivity contribution in [1.29, 1.82) is 15.8 Å². The van der Waals surface area contributed by atoms with Crippen LogP contribution in [0.5, 0.6) is 11.5 Å². The van der Waals surface area contributed by atoms with Gasteiger partial charge in [-0.05, 0) is 60.8 Å². The molecule has 154 valence electrons. The summed E-state index contributed by atoms with van der Waals surface area (Å²) in [7, 11) is 1.62. The molecule has 0 heterocycles. The first kappa shape index (κ1) is 21.3. The average molecular weight is 402 g/mol. The largest absolute Gasteiger partial charge is 0.493 e. The molecule has 0 aromatic heterocycles. The normalized spacial score (nSPS) is 22.0. The van der Waals surface area contributed by atoms with Crippen molar-refractivity contribution < 1.29 is 9.47 Å². The molecule has 30 heavy (non-hydrogen) atoms. The number of rotatable bonds is 6. The summed E-state index contributed by atoms with van der Waals surface area (Å²) >= 11 is 0. The quantitative estimate of drug-likeness (QED) is 0.702. The van der Waals surface area contributed by atoms with E-state index >= 15 is 0 Å². The van der Waals surface area contributed by atoms with Gasteiger partial charge in [0.25, 0.3) is 0 Å². The maximum absolute atomic E-state index is 9.74. The summed E-state index contributed by atoms with van der Waals surface area (Å²) < 4.78 is 11.4. The number of fused-ring (bicyclic) bond motifs is 1. The van der Waals surface area contributed by atoms with Gasteiger partial charge in [-0.3, -0.25) is 0 Å². The van der Waals surface area contributed by atoms with Gasteiger partial charge in [0.15, 0.2) is 16.9 Å². The molecule has 0 spiro atoms. The van der Waals surface area contributed by atoms with E-state index in [0.717, 1.165) is 36.8 Å². The number of methoxy groups -OCH3 is 1. The lowest BCUT2D eigenvalue weighted by Gasteiger charge is -2.40. The predicted octanol–water partition coefficient (Wildman–Crippen LogP) is 4.47. The maximum Gasteiger partial charge on any atom is 0.184 e. The van der Waals surface area contributed by atoms with Gasteiger partial charge in [-0.1, -0.05) is 25.5 Å². The van der Waals surface area contributed by atoms with Crippen molar-refractivity contribution in [3.63, 3.8) is 0 Å². The van der Waals surface area contributed by atoms with Gasteiger partial charge in [0.1, 0.15) is 6.07 Å². The van der Waals surface area contributed by atoms with Crippen LogP contribution in [0.25, 0.3) is 0 Å². The van der Waals surface area contributed by atoms with Crippen LogP contribution in [0.1, 0.15) is 50.5 Å². The van der Waals surface area contributed by atoms with E-state index < -0.39 is 5.41 Å². The van der Waals surface area contributed by atoms with E-state index in [2.05, 4.69) is 25.1 Å². The van der Waals surface area contributed by atoms with Crippen molar-refractivity contribution in [2.75, 3.05) is 13.7 Å². The molecule has 0 fully saturated rings. The Hall–Kier alpha value is -3.43. The Morgan fingerprint density at radius 2 is 1.93 bits per heavy atom. The summed E-state index contributed by atoms with van der Waals surface area (Å²) in [6, 6.07) is 12.2. The zero-order chi connectivity index (χ0) is 21.7. The molecule has 0 saturated heterocycles. The molecule has 6 nitrogen and oxygen atoms in total. The van der Waals surface area contributed by atoms with Gasteiger partial charge >= 0.3 is 0 Å². The van der Waals surface area contributed by atoms with E-state index in [9.17, 15) is 15.8 Å². The van der Waals surface area contributed by atoms with Crippen LogP contribution in [-0.4, -0.2) is 13.7 Å². The summed E-state index contributed by atoms with van der Waals surface area (Å²) in [6.45, 7) is 2.74. The Bertz CT molecular complexity index is 990. The lowest BCUT2D eigenvalue weighted by Crippen LogP contribution is -2.37. The lowest BCUT2D eigenvalue weighted by atomic mass is 9.61. The minimum Gasteiger partial charge on any atom is -0.493 e. The minimum atomic E-state index is -1.48. The van der Waals surface area contributed by atoms with Gasteiger partial charge < -0.3 is 15.2 Å². The number of allylic oxidation sites excluding steroid dienone is 4. The molecule has 2 N–H and O–H groups in total. The summed E-state index contributed by atoms with van der Waals surface area (Å²) in [6.07, 6.45) is 6.00. The molecule has 2 aliphatic carbocycles. The van der Waals surface area contributed by atoms with E-state index in [4.69, 9.17) is 15.2 Å². The highest BCUT2D eigenvalue weighted by Crippen LogP contribution is 2.52. The topological polar surface area (TPSA) is 116 Å². The monoisotopic (exact) mass is 402 g/mol. The molecule has 0 bridgehead atoms. The third-order valence-corrected chi connectivity index (χ3v) is 6.14. The number of ether oxygens (including phenoxy) is 2. The Kier molecular flexibility index (Phi) is 6.34. The summed E-state index contributed by atoms with van der Waals surface area (Å²) in [5.74, 6) is 1.30. The minimum absolute atomic E-state index is 0.0566. The molecule has 6 heteroatoms. The molecule has 0 amide bonds. The third-order valence-electron chi connectivity index (χ3n) is 6.14. The van der Waals surface area contributed by atoms with Crippen LogP contribution in [0.2, 0.25) is 0 Å². The van der Waals surface area contributed by atoms with E-state index in [1.807, 2.05) is 24.3 Å². The zero-order valence-electron chi connectivity index (χ0n) is 17.4. The van der Waals surface area contributed by atoms with Gasteiger partial charge in [0.2, 0.25) is 0 Å². The molecule has 0 saturated carbocycles. The van der Waals surface area contributed by atoms with Crippen molar-refractivity contribution in [2.24, 2.45) is 17.1 Å². The molecular weight excluding hydrogens is 376 g/mol. The summed E-state index contributed by atoms with van der Waals surface area (Å²) in [4.78, 5) is 0. The zero-order valence-corrected chi connectivity index (χ0v) is 17.4. The lowest BCUT2D eigenvalue weighted by molar-refractivity contribution is 0.287. The number of nitriles is 3. The van der Waals surface area contributed by atoms with E-state index in [-0.39, 0.29) is 29.5 Å². The van der Waals surface area contributed by atoms with Crippen LogP contribution in [0.3, 0.4) is 0 Å². The summed E-state index contributed by atoms with van der Waals surface area (Å²) in [5, 5.41) is 29.2. The van der Waals surface area contributed by atoms with Crippen molar-refractivity contribution >= 4 is 0 Å². The number of nitrogens with two attached hydrogens (primary N) is 1. The maximum atomic E-state index is 9.74. The molecule has 1 aromatic carbocycles. The smallest absolute Gasteiger partial charge is 0.184 e. The second-order valence-corrected chi connectivity index (χ2v) is 7.80. The summed E-state index contributed by atoms with van der Waals surface area (Å²) in [5.41, 5.74) is 6.93. The number of hydrogen-bond acceptors (Lipinski definition) is 6. The fourth-order valence-electron chi connectivity index (χ4n) is 4.46. The highest BCUT2D eigenvalue weighted by molar-refractivity contribution is 5.57. The molecule has 0 aliphatic heterocycles. The van der Waals surface area contributed by atoms with E-state index in [0.29, 0.717) is 18.1 Å². The number of unbranched alkanes of at least 4 members (excludes halogenated alkanes) is 1. The fraction of sp³-hybridized carbons (Fsp3) is 0.458. The van der Waals surface area contributed by atoms with Crippen LogP contribution >= 0.6 is 0 Å². The van der Waals surface area contributed by atoms with Crippen molar-refractivity contribution in [3.8, 4) is 29.7 Å². The van der Waals surface area contributed by atoms with E-state index in [1.54, 1.807) is 7.11 Å². The Morgan fingerprint density at radius 1 is 1.17 bits per heavy atom. The Morgan fingerprint density at radius 3 is 2.57 bits per heavy atom. The standard InChI is InChI=1S/C24H26N4O2/c1-3-4-10-30-21-9-8-16(11-22(21)29-2)17-6-5-7-18-19(17)12-24(14-26,15-27)23(28)20(18)13-25/h7-9,11,17,19H,3-6,10,12,28H2,1-2H3/t17-,19+/m1/s1. The second-order valence-electron chi connectivity index (χ2n) is 7.80. The first-order chi connectivity index (χ1) is 14.5. The van der Waals surface area contributed by atoms with Crippen molar-refractivity contribution in [3.05, 3.63) is 46.7 Å². The van der Waals surface area contributed by atoms with Gasteiger partial charge in [-0.15, -0.1) is 0 Å². The molecule has 0 unspecified atom stereocenters. The first-order valence-electron chi connectivity index (χ1n) is 10.3. The number of nitrogens with zero attached hydrogens (tertiary/aromatic N) is 3.